The molecule has 1 aromatic heterocycles. The van der Waals surface area contributed by atoms with Gasteiger partial charge in [-0.25, -0.2) is 0 Å². The van der Waals surface area contributed by atoms with Crippen molar-refractivity contribution in [3.8, 4) is 0 Å². The number of nitrogens with one attached hydrogen (secondary N) is 2. The van der Waals surface area contributed by atoms with Crippen LogP contribution in [0.15, 0.2) is 66.2 Å². The molecule has 2 aliphatic heterocycles. The molecule has 0 bridgehead atoms. The molecule has 142 valence electrons. The van der Waals surface area contributed by atoms with Gasteiger partial charge in [0.05, 0.1) is 0 Å². The second-order valence-corrected chi connectivity index (χ2v) is 12.1. The molecule has 0 unspecified atom stereocenters. The van der Waals surface area contributed by atoms with Crippen LogP contribution < -0.4 is 22.8 Å². The molecule has 1 fully saturated rings. The zero-order valence-electron chi connectivity index (χ0n) is 14.8. The van der Waals surface area contributed by atoms with E-state index in [0.717, 1.165) is 4.44 Å². The van der Waals surface area contributed by atoms with Crippen LogP contribution in [0.2, 0.25) is 0 Å². The van der Waals surface area contributed by atoms with Gasteiger partial charge in [-0.15, -0.1) is 0 Å². The maximum atomic E-state index is 12.1. The number of carbonyl (C=O) groups is 2. The molecule has 2 N–H and O–H groups in total. The summed E-state index contributed by atoms with van der Waals surface area (Å²) in [6.07, 6.45) is 1.67. The van der Waals surface area contributed by atoms with Crippen LogP contribution in [-0.2, 0) is 9.59 Å². The second-order valence-electron chi connectivity index (χ2n) is 6.34. The third-order valence-electron chi connectivity index (χ3n) is 4.50. The molecule has 2 aromatic carbocycles. The van der Waals surface area contributed by atoms with E-state index in [1.807, 2.05) is 6.07 Å². The van der Waals surface area contributed by atoms with Crippen LogP contribution in [0, 0.1) is 0 Å². The van der Waals surface area contributed by atoms with Crippen LogP contribution in [0.25, 0.3) is 6.08 Å². The molecule has 0 spiro atoms. The Balaban J connectivity index is 1.56. The van der Waals surface area contributed by atoms with Crippen LogP contribution in [0.4, 0.5) is 15.9 Å². The summed E-state index contributed by atoms with van der Waals surface area (Å²) in [5, 5.41) is 5.01. The van der Waals surface area contributed by atoms with Crippen molar-refractivity contribution in [3.63, 3.8) is 0 Å². The van der Waals surface area contributed by atoms with E-state index in [0.29, 0.717) is 0 Å². The zero-order valence-corrected chi connectivity index (χ0v) is 19.7. The quantitative estimate of drug-likeness (QED) is 0.162. The van der Waals surface area contributed by atoms with Crippen molar-refractivity contribution in [2.75, 3.05) is 4.90 Å². The monoisotopic (exact) mass is 581 g/mol. The molecule has 0 aliphatic carbocycles. The van der Waals surface area contributed by atoms with Gasteiger partial charge < -0.3 is 0 Å². The Bertz CT molecular complexity index is 1150. The number of anilines is 3. The molecule has 0 saturated carbocycles. The van der Waals surface area contributed by atoms with E-state index in [9.17, 15) is 9.59 Å². The van der Waals surface area contributed by atoms with Crippen molar-refractivity contribution in [1.29, 1.82) is 0 Å². The Hall–Kier alpha value is -2.20. The van der Waals surface area contributed by atoms with Gasteiger partial charge in [-0.1, -0.05) is 0 Å². The average Bonchev–Trinajstić information content (AvgIpc) is 3.17. The Morgan fingerprint density at radius 3 is 2.07 bits per heavy atom. The number of carbonyl (C=O) groups excluding carboxylic acids is 2. The number of para-hydroxylation sites is 2. The number of nitrogens with zero attached hydrogens (tertiary/aromatic N) is 1. The molecule has 5 nitrogen and oxygen atoms in total. The molecular formula is C21H13N3O2SSeTe. The number of thiocarbonyl (C=S) groups is 1. The van der Waals surface area contributed by atoms with Crippen molar-refractivity contribution in [2.24, 2.45) is 0 Å². The van der Waals surface area contributed by atoms with Gasteiger partial charge in [0, 0.05) is 0 Å². The van der Waals surface area contributed by atoms with Gasteiger partial charge in [0.1, 0.15) is 0 Å². The summed E-state index contributed by atoms with van der Waals surface area (Å²) < 4.78 is 4.99. The van der Waals surface area contributed by atoms with E-state index in [2.05, 4.69) is 70.1 Å². The van der Waals surface area contributed by atoms with Crippen molar-refractivity contribution < 1.29 is 9.59 Å². The number of benzene rings is 2. The molecule has 3 aromatic rings. The SMILES string of the molecule is O=C1NC(=S)NC(=O)C1=Cc1ccc(N2c3ccccc3[Te]c3ccccc32)[se]1. The van der Waals surface area contributed by atoms with Crippen molar-refractivity contribution >= 4 is 93.8 Å². The molecule has 1 saturated heterocycles. The number of hydrogen-bond acceptors (Lipinski definition) is 4. The summed E-state index contributed by atoms with van der Waals surface area (Å²) in [5.74, 6) is -0.911. The van der Waals surface area contributed by atoms with E-state index in [1.54, 1.807) is 6.08 Å². The van der Waals surface area contributed by atoms with Crippen LogP contribution in [0.3, 0.4) is 0 Å². The molecule has 2 amide bonds. The van der Waals surface area contributed by atoms with Gasteiger partial charge in [-0.3, -0.25) is 0 Å². The summed E-state index contributed by atoms with van der Waals surface area (Å²) in [4.78, 5) is 26.6. The molecule has 8 heteroatoms. The van der Waals surface area contributed by atoms with E-state index < -0.39 is 32.7 Å². The fraction of sp³-hybridized carbons (Fsp3) is 0. The predicted octanol–water partition coefficient (Wildman–Crippen LogP) is 1.10. The fourth-order valence-corrected chi connectivity index (χ4v) is 8.49. The maximum absolute atomic E-state index is 12.1. The van der Waals surface area contributed by atoms with Gasteiger partial charge in [0.2, 0.25) is 0 Å². The van der Waals surface area contributed by atoms with Crippen molar-refractivity contribution in [2.45, 2.75) is 0 Å². The number of hydrogen-bond donors (Lipinski definition) is 2. The normalized spacial score (nSPS) is 15.4. The topological polar surface area (TPSA) is 61.4 Å². The van der Waals surface area contributed by atoms with E-state index in [4.69, 9.17) is 12.2 Å². The first-order chi connectivity index (χ1) is 14.1. The number of fused-ring (bicyclic) bond motifs is 2. The molecule has 0 atom stereocenters. The van der Waals surface area contributed by atoms with Gasteiger partial charge in [0.15, 0.2) is 0 Å². The Kier molecular flexibility index (Phi) is 4.90. The molecule has 2 aliphatic rings. The van der Waals surface area contributed by atoms with E-state index >= 15 is 0 Å². The first-order valence-corrected chi connectivity index (χ1v) is 13.2. The third kappa shape index (κ3) is 3.48. The first kappa shape index (κ1) is 18.8. The molecule has 3 heterocycles. The van der Waals surface area contributed by atoms with E-state index in [-0.39, 0.29) is 25.2 Å². The van der Waals surface area contributed by atoms with Crippen molar-refractivity contribution in [3.05, 3.63) is 70.7 Å². The van der Waals surface area contributed by atoms with Gasteiger partial charge in [0.25, 0.3) is 0 Å². The van der Waals surface area contributed by atoms with Gasteiger partial charge >= 0.3 is 190 Å². The standard InChI is InChI=1S/C21H13N3O2SSeTe/c25-19-13(20(26)23-21(27)22-19)11-12-9-10-18(28-12)24-14-5-1-3-7-16(14)29-17-8-4-2-6-15(17)24/h1-11H,(H2,22,23,25,26,27). The van der Waals surface area contributed by atoms with Crippen LogP contribution >= 0.6 is 12.2 Å². The molecule has 0 radical (unpaired) electrons. The average molecular weight is 578 g/mol. The predicted molar refractivity (Wildman–Crippen MR) is 120 cm³/mol. The summed E-state index contributed by atoms with van der Waals surface area (Å²) in [6, 6.07) is 21.2. The molecule has 5 rings (SSSR count). The third-order valence-corrected chi connectivity index (χ3v) is 10.1. The molecular weight excluding hydrogens is 565 g/mol. The fourth-order valence-electron chi connectivity index (χ4n) is 3.23. The summed E-state index contributed by atoms with van der Waals surface area (Å²) >= 11 is 4.40. The zero-order chi connectivity index (χ0) is 20.0. The van der Waals surface area contributed by atoms with Crippen LogP contribution in [0.5, 0.6) is 0 Å². The second kappa shape index (κ2) is 7.56. The number of rotatable bonds is 2. The van der Waals surface area contributed by atoms with E-state index in [1.165, 1.54) is 23.2 Å². The first-order valence-electron chi connectivity index (χ1n) is 8.74. The Morgan fingerprint density at radius 2 is 1.45 bits per heavy atom. The van der Waals surface area contributed by atoms with Crippen LogP contribution in [-0.4, -0.2) is 52.4 Å². The van der Waals surface area contributed by atoms with Gasteiger partial charge in [-0.2, -0.15) is 0 Å². The Labute approximate surface area is 188 Å². The minimum atomic E-state index is -0.455. The van der Waals surface area contributed by atoms with Gasteiger partial charge in [-0.05, 0) is 0 Å². The molecule has 29 heavy (non-hydrogen) atoms. The minimum absolute atomic E-state index is 0.0381. The number of amides is 2. The summed E-state index contributed by atoms with van der Waals surface area (Å²) in [5.41, 5.74) is 2.57. The van der Waals surface area contributed by atoms with Crippen molar-refractivity contribution in [1.82, 2.24) is 10.6 Å². The van der Waals surface area contributed by atoms with Crippen LogP contribution in [0.1, 0.15) is 4.44 Å². The summed E-state index contributed by atoms with van der Waals surface area (Å²) in [6.45, 7) is 0. The summed E-state index contributed by atoms with van der Waals surface area (Å²) in [7, 11) is 0. The Morgan fingerprint density at radius 1 is 0.862 bits per heavy atom.